The highest BCUT2D eigenvalue weighted by Gasteiger charge is 2.47. The third-order valence-corrected chi connectivity index (χ3v) is 7.88. The highest BCUT2D eigenvalue weighted by molar-refractivity contribution is 7.78. The lowest BCUT2D eigenvalue weighted by Gasteiger charge is -2.37. The summed E-state index contributed by atoms with van der Waals surface area (Å²) >= 11 is -2.46. The SMILES string of the molecule is CCNC(=O)[C@H]1O[C@@H](n2cnc3c(NC(=O)Nc4cccc([N+](C)(C(C)C)S(=O)[O-])c4)ncnc32)[C@H](O)[C@@H]1O. The Hall–Kier alpha value is -3.54. The molecule has 0 aliphatic carbocycles. The Morgan fingerprint density at radius 2 is 1.95 bits per heavy atom. The van der Waals surface area contributed by atoms with Crippen molar-refractivity contribution in [2.45, 2.75) is 51.4 Å². The van der Waals surface area contributed by atoms with Crippen LogP contribution in [-0.2, 0) is 20.8 Å². The molecule has 5 N–H and O–H groups in total. The number of aromatic nitrogens is 4. The van der Waals surface area contributed by atoms with Gasteiger partial charge in [0, 0.05) is 24.4 Å². The fraction of sp³-hybridized carbons (Fsp3) is 0.435. The van der Waals surface area contributed by atoms with Crippen molar-refractivity contribution in [3.05, 3.63) is 36.9 Å². The lowest BCUT2D eigenvalue weighted by molar-refractivity contribution is -0.137. The number of fused-ring (bicyclic) bond motifs is 1. The number of hydrogen-bond acceptors (Lipinski definition) is 10. The number of amides is 3. The van der Waals surface area contributed by atoms with Gasteiger partial charge in [-0.3, -0.25) is 14.7 Å². The van der Waals surface area contributed by atoms with E-state index in [2.05, 4.69) is 30.9 Å². The molecular formula is C23H30N8O7S. The molecule has 1 saturated heterocycles. The van der Waals surface area contributed by atoms with Crippen molar-refractivity contribution in [3.63, 3.8) is 0 Å². The molecule has 0 radical (unpaired) electrons. The second-order valence-electron chi connectivity index (χ2n) is 9.30. The molecule has 210 valence electrons. The molecule has 3 amide bonds. The molecule has 1 aromatic carbocycles. The minimum atomic E-state index is -2.46. The van der Waals surface area contributed by atoms with E-state index in [0.717, 1.165) is 0 Å². The Morgan fingerprint density at radius 1 is 1.21 bits per heavy atom. The summed E-state index contributed by atoms with van der Waals surface area (Å²) in [6, 6.07) is 5.52. The number of benzene rings is 1. The van der Waals surface area contributed by atoms with E-state index in [0.29, 0.717) is 17.9 Å². The molecule has 16 heteroatoms. The molecule has 1 aliphatic rings. The van der Waals surface area contributed by atoms with Crippen LogP contribution in [0, 0.1) is 0 Å². The number of quaternary nitrogens is 1. The minimum absolute atomic E-state index is 0.0455. The number of urea groups is 1. The number of carbonyl (C=O) groups is 2. The number of hydrogen-bond donors (Lipinski definition) is 5. The molecule has 1 fully saturated rings. The molecule has 0 spiro atoms. The van der Waals surface area contributed by atoms with Gasteiger partial charge in [0.25, 0.3) is 5.91 Å². The summed E-state index contributed by atoms with van der Waals surface area (Å²) in [5, 5.41) is 28.7. The molecule has 2 aromatic heterocycles. The number of aliphatic hydroxyl groups excluding tert-OH is 2. The zero-order valence-corrected chi connectivity index (χ0v) is 22.5. The number of imidazole rings is 1. The van der Waals surface area contributed by atoms with E-state index >= 15 is 0 Å². The zero-order chi connectivity index (χ0) is 28.5. The molecule has 1 aliphatic heterocycles. The van der Waals surface area contributed by atoms with Crippen LogP contribution in [0.4, 0.5) is 22.0 Å². The topological polar surface area (TPSA) is 204 Å². The highest BCUT2D eigenvalue weighted by atomic mass is 32.2. The first-order valence-electron chi connectivity index (χ1n) is 12.1. The lowest BCUT2D eigenvalue weighted by atomic mass is 10.1. The van der Waals surface area contributed by atoms with Crippen LogP contribution in [0.15, 0.2) is 36.9 Å². The standard InChI is InChI=1S/C23H30N8O7S/c1-5-24-21(34)18-16(32)17(33)22(38-18)30-11-27-15-19(25-10-26-20(15)30)29-23(35)28-13-7-6-8-14(9-13)31(4,12(2)3)39(36)37/h6-12,16-18,22,32-33H,5H2,1-4H3,(H3-,24,25,26,28,29,34,35,36,37)/t16-,17+,18-,22+,31?/m0/s1. The number of nitrogens with zero attached hydrogens (tertiary/aromatic N) is 5. The van der Waals surface area contributed by atoms with E-state index in [4.69, 9.17) is 4.74 Å². The number of rotatable bonds is 8. The predicted octanol–water partition coefficient (Wildman–Crippen LogP) is 0.365. The van der Waals surface area contributed by atoms with Crippen molar-refractivity contribution in [1.82, 2.24) is 28.7 Å². The van der Waals surface area contributed by atoms with Gasteiger partial charge >= 0.3 is 6.03 Å². The van der Waals surface area contributed by atoms with E-state index in [1.165, 1.54) is 17.2 Å². The Labute approximate surface area is 226 Å². The summed E-state index contributed by atoms with van der Waals surface area (Å²) in [6.45, 7) is 5.59. The predicted molar refractivity (Wildman–Crippen MR) is 141 cm³/mol. The monoisotopic (exact) mass is 562 g/mol. The highest BCUT2D eigenvalue weighted by Crippen LogP contribution is 2.33. The molecule has 0 bridgehead atoms. The Bertz CT molecular complexity index is 1400. The molecule has 0 saturated carbocycles. The summed E-state index contributed by atoms with van der Waals surface area (Å²) < 4.78 is 30.5. The van der Waals surface area contributed by atoms with Gasteiger partial charge in [-0.15, -0.1) is 0 Å². The van der Waals surface area contributed by atoms with Gasteiger partial charge in [-0.1, -0.05) is 6.07 Å². The molecule has 15 nitrogen and oxygen atoms in total. The van der Waals surface area contributed by atoms with Gasteiger partial charge in [0.15, 0.2) is 40.6 Å². The molecule has 2 unspecified atom stereocenters. The first-order chi connectivity index (χ1) is 18.5. The molecule has 6 atom stereocenters. The molecule has 39 heavy (non-hydrogen) atoms. The third kappa shape index (κ3) is 5.34. The average molecular weight is 563 g/mol. The summed E-state index contributed by atoms with van der Waals surface area (Å²) in [5.41, 5.74) is 1.16. The van der Waals surface area contributed by atoms with Gasteiger partial charge in [0.1, 0.15) is 24.2 Å². The van der Waals surface area contributed by atoms with Crippen molar-refractivity contribution in [1.29, 1.82) is 0 Å². The second kappa shape index (κ2) is 11.3. The van der Waals surface area contributed by atoms with Gasteiger partial charge in [0.2, 0.25) is 0 Å². The van der Waals surface area contributed by atoms with Gasteiger partial charge in [-0.05, 0) is 26.8 Å². The zero-order valence-electron chi connectivity index (χ0n) is 21.6. The number of likely N-dealkylation sites (N-methyl/N-ethyl adjacent to an activating group) is 1. The van der Waals surface area contributed by atoms with E-state index in [1.807, 2.05) is 0 Å². The Morgan fingerprint density at radius 3 is 2.62 bits per heavy atom. The molecule has 3 aromatic rings. The van der Waals surface area contributed by atoms with Crippen LogP contribution >= 0.6 is 0 Å². The van der Waals surface area contributed by atoms with Crippen LogP contribution in [0.3, 0.4) is 0 Å². The van der Waals surface area contributed by atoms with E-state index in [-0.39, 0.29) is 26.9 Å². The number of anilines is 2. The third-order valence-electron chi connectivity index (χ3n) is 6.62. The number of nitrogens with one attached hydrogen (secondary N) is 3. The maximum absolute atomic E-state index is 12.8. The van der Waals surface area contributed by atoms with Crippen LogP contribution < -0.4 is 19.8 Å². The summed E-state index contributed by atoms with van der Waals surface area (Å²) in [6.07, 6.45) is -2.92. The Balaban J connectivity index is 1.54. The molecule has 4 rings (SSSR count). The van der Waals surface area contributed by atoms with E-state index < -0.39 is 47.7 Å². The van der Waals surface area contributed by atoms with Crippen LogP contribution in [-0.4, -0.2) is 88.4 Å². The first-order valence-corrected chi connectivity index (χ1v) is 13.1. The van der Waals surface area contributed by atoms with Crippen LogP contribution in [0.2, 0.25) is 0 Å². The van der Waals surface area contributed by atoms with Crippen LogP contribution in [0.5, 0.6) is 0 Å². The summed E-state index contributed by atoms with van der Waals surface area (Å²) in [7, 11) is 1.56. The summed E-state index contributed by atoms with van der Waals surface area (Å²) in [5.74, 6) is -0.521. The maximum Gasteiger partial charge on any atom is 0.324 e. The number of carbonyl (C=O) groups excluding carboxylic acids is 2. The number of ether oxygens (including phenoxy) is 1. The lowest BCUT2D eigenvalue weighted by Crippen LogP contribution is -2.52. The molecular weight excluding hydrogens is 532 g/mol. The second-order valence-corrected chi connectivity index (χ2v) is 10.5. The average Bonchev–Trinajstić information content (AvgIpc) is 3.45. The largest absolute Gasteiger partial charge is 0.724 e. The van der Waals surface area contributed by atoms with Crippen molar-refractivity contribution in [2.75, 3.05) is 24.2 Å². The maximum atomic E-state index is 12.8. The number of aliphatic hydroxyl groups is 2. The van der Waals surface area contributed by atoms with Crippen LogP contribution in [0.1, 0.15) is 27.0 Å². The fourth-order valence-electron chi connectivity index (χ4n) is 4.20. The van der Waals surface area contributed by atoms with E-state index in [1.54, 1.807) is 52.1 Å². The van der Waals surface area contributed by atoms with Crippen molar-refractivity contribution in [3.8, 4) is 0 Å². The van der Waals surface area contributed by atoms with Gasteiger partial charge in [0.05, 0.1) is 19.4 Å². The van der Waals surface area contributed by atoms with Gasteiger partial charge in [-0.2, -0.15) is 0 Å². The first kappa shape index (κ1) is 28.5. The van der Waals surface area contributed by atoms with Gasteiger partial charge < -0.3 is 30.1 Å². The van der Waals surface area contributed by atoms with Crippen molar-refractivity contribution >= 4 is 51.6 Å². The fourth-order valence-corrected chi connectivity index (χ4v) is 4.83. The minimum Gasteiger partial charge on any atom is -0.724 e. The van der Waals surface area contributed by atoms with Gasteiger partial charge in [-0.25, -0.2) is 27.8 Å². The smallest absolute Gasteiger partial charge is 0.324 e. The van der Waals surface area contributed by atoms with Crippen molar-refractivity contribution < 1.29 is 33.3 Å². The molecule has 3 heterocycles. The van der Waals surface area contributed by atoms with Crippen LogP contribution in [0.25, 0.3) is 11.2 Å². The normalized spacial score (nSPS) is 23.4. The summed E-state index contributed by atoms with van der Waals surface area (Å²) in [4.78, 5) is 37.5. The van der Waals surface area contributed by atoms with E-state index in [9.17, 15) is 28.6 Å². The quantitative estimate of drug-likeness (QED) is 0.188. The Kier molecular flexibility index (Phi) is 8.24. The van der Waals surface area contributed by atoms with Crippen molar-refractivity contribution in [2.24, 2.45) is 0 Å².